The van der Waals surface area contributed by atoms with Gasteiger partial charge in [0.1, 0.15) is 17.6 Å². The third-order valence-corrected chi connectivity index (χ3v) is 3.14. The van der Waals surface area contributed by atoms with Gasteiger partial charge in [0.05, 0.1) is 0 Å². The Morgan fingerprint density at radius 3 is 2.87 bits per heavy atom. The predicted octanol–water partition coefficient (Wildman–Crippen LogP) is -0.663. The van der Waals surface area contributed by atoms with Crippen molar-refractivity contribution in [3.8, 4) is 0 Å². The number of thioether (sulfide) groups is 1. The van der Waals surface area contributed by atoms with Crippen molar-refractivity contribution in [3.05, 3.63) is 0 Å². The first-order chi connectivity index (χ1) is 7.00. The van der Waals surface area contributed by atoms with Crippen LogP contribution in [0.3, 0.4) is 0 Å². The molecule has 0 radical (unpaired) electrons. The lowest BCUT2D eigenvalue weighted by Crippen LogP contribution is -2.54. The molecule has 1 saturated heterocycles. The maximum Gasteiger partial charge on any atom is 0.267 e. The van der Waals surface area contributed by atoms with E-state index in [-0.39, 0.29) is 5.17 Å². The summed E-state index contributed by atoms with van der Waals surface area (Å²) in [6.45, 7) is 0. The first-order valence-corrected chi connectivity index (χ1v) is 5.04. The molecule has 0 aromatic carbocycles. The number of nitrogens with two attached hydrogens (primary N) is 1. The summed E-state index contributed by atoms with van der Waals surface area (Å²) >= 11 is 0.917. The maximum atomic E-state index is 12.4. The number of alkyl halides is 2. The van der Waals surface area contributed by atoms with Crippen LogP contribution in [0.4, 0.5) is 8.78 Å². The summed E-state index contributed by atoms with van der Waals surface area (Å²) in [7, 11) is 0. The predicted molar refractivity (Wildman–Crippen MR) is 48.7 cm³/mol. The third kappa shape index (κ3) is 1.72. The number of Topliss-reactive ketones (excluding diaryl/α,β-unsaturated/α-hetero) is 1. The van der Waals surface area contributed by atoms with E-state index >= 15 is 0 Å². The average Bonchev–Trinajstić information content (AvgIpc) is 2.52. The lowest BCUT2D eigenvalue weighted by atomic mass is 10.0. The number of hydrogen-bond donors (Lipinski definition) is 2. The van der Waals surface area contributed by atoms with Crippen LogP contribution in [-0.2, 0) is 9.53 Å². The molecule has 0 bridgehead atoms. The molecule has 0 aliphatic carbocycles. The van der Waals surface area contributed by atoms with Crippen molar-refractivity contribution in [2.24, 2.45) is 10.7 Å². The minimum absolute atomic E-state index is 0.112. The Labute approximate surface area is 87.7 Å². The summed E-state index contributed by atoms with van der Waals surface area (Å²) in [5.74, 6) is -0.760. The number of rotatable bonds is 1. The number of amidine groups is 1. The number of ether oxygens (including phenoxy) is 1. The Balaban J connectivity index is 2.20. The van der Waals surface area contributed by atoms with Gasteiger partial charge >= 0.3 is 0 Å². The fourth-order valence-corrected chi connectivity index (χ4v) is 2.40. The van der Waals surface area contributed by atoms with Crippen LogP contribution in [0.5, 0.6) is 0 Å². The highest BCUT2D eigenvalue weighted by Crippen LogP contribution is 2.34. The van der Waals surface area contributed by atoms with Gasteiger partial charge in [0.15, 0.2) is 17.1 Å². The number of ketones is 1. The SMILES string of the molecule is NC1=N[C@@H]2C(=O)[C@H](O)[C@@H](C(F)F)O[C@@H]2S1. The molecule has 4 atom stereocenters. The van der Waals surface area contributed by atoms with Crippen LogP contribution in [-0.4, -0.2) is 46.2 Å². The Bertz CT molecular complexity index is 325. The minimum Gasteiger partial charge on any atom is -0.382 e. The summed E-state index contributed by atoms with van der Waals surface area (Å²) in [5, 5.41) is 9.38. The molecule has 2 rings (SSSR count). The van der Waals surface area contributed by atoms with Crippen LogP contribution >= 0.6 is 11.8 Å². The zero-order valence-corrected chi connectivity index (χ0v) is 8.16. The molecule has 1 fully saturated rings. The van der Waals surface area contributed by atoms with E-state index in [9.17, 15) is 18.7 Å². The lowest BCUT2D eigenvalue weighted by molar-refractivity contribution is -0.171. The Hall–Kier alpha value is -0.730. The molecule has 0 amide bonds. The van der Waals surface area contributed by atoms with Crippen molar-refractivity contribution in [2.75, 3.05) is 0 Å². The molecule has 0 aromatic rings. The fourth-order valence-electron chi connectivity index (χ4n) is 1.48. The van der Waals surface area contributed by atoms with Crippen molar-refractivity contribution in [1.82, 2.24) is 0 Å². The molecule has 84 valence electrons. The van der Waals surface area contributed by atoms with Gasteiger partial charge in [-0.3, -0.25) is 4.79 Å². The molecule has 0 aromatic heterocycles. The van der Waals surface area contributed by atoms with Crippen LogP contribution in [0.25, 0.3) is 0 Å². The number of aliphatic hydroxyl groups excluding tert-OH is 1. The van der Waals surface area contributed by atoms with Gasteiger partial charge in [0.2, 0.25) is 0 Å². The first kappa shape index (κ1) is 10.8. The number of fused-ring (bicyclic) bond motifs is 1. The average molecular weight is 238 g/mol. The van der Waals surface area contributed by atoms with Gasteiger partial charge in [-0.05, 0) is 0 Å². The number of carbonyl (C=O) groups excluding carboxylic acids is 1. The topological polar surface area (TPSA) is 84.9 Å². The monoisotopic (exact) mass is 238 g/mol. The van der Waals surface area contributed by atoms with Gasteiger partial charge in [-0.25, -0.2) is 13.8 Å². The molecule has 8 heteroatoms. The number of halogens is 2. The molecular weight excluding hydrogens is 230 g/mol. The van der Waals surface area contributed by atoms with Crippen LogP contribution < -0.4 is 5.73 Å². The Kier molecular flexibility index (Phi) is 2.65. The fraction of sp³-hybridized carbons (Fsp3) is 0.714. The second-order valence-electron chi connectivity index (χ2n) is 3.18. The Morgan fingerprint density at radius 1 is 1.60 bits per heavy atom. The standard InChI is InChI=1S/C7H8F2N2O3S/c8-5(9)4-3(13)2(12)1-6(14-4)15-7(10)11-1/h1,3-6,13H,(H2,10,11)/t1-,3+,4+,6-/m1/s1. The zero-order chi connectivity index (χ0) is 11.2. The quantitative estimate of drug-likeness (QED) is 0.633. The van der Waals surface area contributed by atoms with Crippen LogP contribution in [0.15, 0.2) is 4.99 Å². The van der Waals surface area contributed by atoms with Crippen molar-refractivity contribution in [1.29, 1.82) is 0 Å². The molecule has 3 N–H and O–H groups in total. The minimum atomic E-state index is -2.91. The number of aliphatic hydroxyl groups is 1. The van der Waals surface area contributed by atoms with Crippen molar-refractivity contribution in [2.45, 2.75) is 30.1 Å². The lowest BCUT2D eigenvalue weighted by Gasteiger charge is -2.32. The van der Waals surface area contributed by atoms with E-state index in [1.165, 1.54) is 0 Å². The van der Waals surface area contributed by atoms with E-state index in [1.54, 1.807) is 0 Å². The molecule has 0 spiro atoms. The second-order valence-corrected chi connectivity index (χ2v) is 4.30. The highest BCUT2D eigenvalue weighted by atomic mass is 32.2. The van der Waals surface area contributed by atoms with Crippen molar-refractivity contribution < 1.29 is 23.4 Å². The summed E-state index contributed by atoms with van der Waals surface area (Å²) in [6.07, 6.45) is -6.53. The summed E-state index contributed by atoms with van der Waals surface area (Å²) in [5.41, 5.74) is 4.50. The van der Waals surface area contributed by atoms with Gasteiger partial charge < -0.3 is 15.6 Å². The molecule has 15 heavy (non-hydrogen) atoms. The van der Waals surface area contributed by atoms with E-state index in [0.717, 1.165) is 11.8 Å². The molecular formula is C7H8F2N2O3S. The molecule has 2 aliphatic rings. The van der Waals surface area contributed by atoms with Gasteiger partial charge in [-0.2, -0.15) is 0 Å². The summed E-state index contributed by atoms with van der Waals surface area (Å²) in [4.78, 5) is 15.1. The highest BCUT2D eigenvalue weighted by Gasteiger charge is 2.50. The van der Waals surface area contributed by atoms with Crippen LogP contribution in [0.2, 0.25) is 0 Å². The van der Waals surface area contributed by atoms with Crippen LogP contribution in [0.1, 0.15) is 0 Å². The van der Waals surface area contributed by atoms with Gasteiger partial charge in [-0.1, -0.05) is 11.8 Å². The first-order valence-electron chi connectivity index (χ1n) is 4.16. The van der Waals surface area contributed by atoms with E-state index < -0.39 is 35.9 Å². The van der Waals surface area contributed by atoms with Gasteiger partial charge in [-0.15, -0.1) is 0 Å². The maximum absolute atomic E-state index is 12.4. The number of hydrogen-bond acceptors (Lipinski definition) is 6. The summed E-state index contributed by atoms with van der Waals surface area (Å²) < 4.78 is 29.6. The number of aliphatic imine (C=N–C) groups is 1. The highest BCUT2D eigenvalue weighted by molar-refractivity contribution is 8.14. The smallest absolute Gasteiger partial charge is 0.267 e. The van der Waals surface area contributed by atoms with E-state index in [1.807, 2.05) is 0 Å². The molecule has 5 nitrogen and oxygen atoms in total. The third-order valence-electron chi connectivity index (χ3n) is 2.19. The van der Waals surface area contributed by atoms with E-state index in [2.05, 4.69) is 4.99 Å². The van der Waals surface area contributed by atoms with Crippen molar-refractivity contribution >= 4 is 22.7 Å². The molecule has 0 saturated carbocycles. The van der Waals surface area contributed by atoms with Gasteiger partial charge in [0, 0.05) is 0 Å². The van der Waals surface area contributed by atoms with E-state index in [4.69, 9.17) is 10.5 Å². The molecule has 0 unspecified atom stereocenters. The van der Waals surface area contributed by atoms with E-state index in [0.29, 0.717) is 0 Å². The van der Waals surface area contributed by atoms with Crippen molar-refractivity contribution in [3.63, 3.8) is 0 Å². The molecule has 2 heterocycles. The molecule has 2 aliphatic heterocycles. The summed E-state index contributed by atoms with van der Waals surface area (Å²) in [6, 6.07) is -0.958. The second kappa shape index (κ2) is 3.69. The number of carbonyl (C=O) groups is 1. The number of nitrogens with zero attached hydrogens (tertiary/aromatic N) is 1. The largest absolute Gasteiger partial charge is 0.382 e. The zero-order valence-electron chi connectivity index (χ0n) is 7.34. The van der Waals surface area contributed by atoms with Crippen LogP contribution in [0, 0.1) is 0 Å². The Morgan fingerprint density at radius 2 is 2.27 bits per heavy atom. The normalized spacial score (nSPS) is 40.5. The van der Waals surface area contributed by atoms with Gasteiger partial charge in [0.25, 0.3) is 6.43 Å².